The Balaban J connectivity index is 0.000000152. The third kappa shape index (κ3) is 7.77. The van der Waals surface area contributed by atoms with Gasteiger partial charge in [-0.15, -0.1) is 0 Å². The van der Waals surface area contributed by atoms with E-state index in [-0.39, 0.29) is 47.7 Å². The fraction of sp³-hybridized carbons (Fsp3) is 0.632. The van der Waals surface area contributed by atoms with Crippen molar-refractivity contribution in [2.45, 2.75) is 125 Å². The van der Waals surface area contributed by atoms with Crippen LogP contribution < -0.4 is 0 Å². The normalized spacial score (nSPS) is 31.8. The molecule has 2 saturated heterocycles. The highest BCUT2D eigenvalue weighted by atomic mass is 79.9. The topological polar surface area (TPSA) is 99.5 Å². The predicted octanol–water partition coefficient (Wildman–Crippen LogP) is 8.83. The average molecular weight is 789 g/mol. The molecule has 2 aromatic rings. The van der Waals surface area contributed by atoms with Crippen molar-refractivity contribution in [3.05, 3.63) is 68.6 Å². The first-order chi connectivity index (χ1) is 23.1. The fourth-order valence-corrected chi connectivity index (χ4v) is 8.97. The second kappa shape index (κ2) is 14.2. The van der Waals surface area contributed by atoms with Gasteiger partial charge >= 0.3 is 12.2 Å². The highest BCUT2D eigenvalue weighted by Gasteiger charge is 2.49. The number of aliphatic hydroxyl groups excluding tert-OH is 2. The Hall–Kier alpha value is -2.14. The predicted molar refractivity (Wildman–Crippen MR) is 189 cm³/mol. The molecule has 0 aromatic heterocycles. The molecular weight excluding hydrogens is 740 g/mol. The van der Waals surface area contributed by atoms with Crippen molar-refractivity contribution in [1.29, 1.82) is 0 Å². The lowest BCUT2D eigenvalue weighted by atomic mass is 9.80. The van der Waals surface area contributed by atoms with Crippen molar-refractivity contribution >= 4 is 44.0 Å². The van der Waals surface area contributed by atoms with E-state index in [1.807, 2.05) is 34.1 Å². The first kappa shape index (κ1) is 34.3. The third-order valence-corrected chi connectivity index (χ3v) is 12.7. The molecular formula is C38H48Br2N2O6. The largest absolute Gasteiger partial charge is 0.443 e. The molecule has 0 unspecified atom stereocenters. The highest BCUT2D eigenvalue weighted by Crippen LogP contribution is 2.49. The lowest BCUT2D eigenvalue weighted by Crippen LogP contribution is -2.52. The van der Waals surface area contributed by atoms with Crippen molar-refractivity contribution in [2.24, 2.45) is 11.8 Å². The van der Waals surface area contributed by atoms with Crippen molar-refractivity contribution in [3.8, 4) is 0 Å². The van der Waals surface area contributed by atoms with Crippen LogP contribution in [0.1, 0.15) is 113 Å². The molecule has 2 aliphatic heterocycles. The van der Waals surface area contributed by atoms with Gasteiger partial charge in [-0.2, -0.15) is 0 Å². The summed E-state index contributed by atoms with van der Waals surface area (Å²) >= 11 is 6.96. The minimum atomic E-state index is -0.333. The molecule has 2 atom stereocenters. The summed E-state index contributed by atoms with van der Waals surface area (Å²) < 4.78 is 14.0. The maximum atomic E-state index is 12.8. The number of hydrogen-bond donors (Lipinski definition) is 2. The molecule has 4 aliphatic carbocycles. The van der Waals surface area contributed by atoms with Crippen molar-refractivity contribution < 1.29 is 29.3 Å². The number of hydrogen-bond acceptors (Lipinski definition) is 6. The molecule has 6 fully saturated rings. The maximum absolute atomic E-state index is 12.8. The molecule has 2 spiro atoms. The van der Waals surface area contributed by atoms with E-state index in [9.17, 15) is 19.8 Å². The number of aliphatic hydroxyl groups is 2. The molecule has 10 heteroatoms. The van der Waals surface area contributed by atoms with Crippen LogP contribution >= 0.6 is 31.9 Å². The first-order valence-corrected chi connectivity index (χ1v) is 19.6. The molecule has 8 rings (SSSR count). The van der Waals surface area contributed by atoms with E-state index >= 15 is 0 Å². The van der Waals surface area contributed by atoms with Crippen LogP contribution in [0.5, 0.6) is 0 Å². The Kier molecular flexibility index (Phi) is 10.2. The third-order valence-electron chi connectivity index (χ3n) is 11.7. The van der Waals surface area contributed by atoms with Crippen LogP contribution in [0.3, 0.4) is 0 Å². The molecule has 0 radical (unpaired) electrons. The number of amides is 2. The summed E-state index contributed by atoms with van der Waals surface area (Å²) in [7, 11) is 0. The van der Waals surface area contributed by atoms with Crippen LogP contribution in [-0.2, 0) is 9.47 Å². The van der Waals surface area contributed by atoms with Gasteiger partial charge in [0.2, 0.25) is 0 Å². The summed E-state index contributed by atoms with van der Waals surface area (Å²) in [4.78, 5) is 29.5. The summed E-state index contributed by atoms with van der Waals surface area (Å²) in [6.07, 6.45) is 11.8. The van der Waals surface area contributed by atoms with E-state index in [1.54, 1.807) is 0 Å². The Bertz CT molecular complexity index is 1320. The van der Waals surface area contributed by atoms with Crippen molar-refractivity contribution in [3.63, 3.8) is 0 Å². The van der Waals surface area contributed by atoms with E-state index in [2.05, 4.69) is 56.1 Å². The van der Waals surface area contributed by atoms with Crippen LogP contribution in [0.2, 0.25) is 0 Å². The average Bonchev–Trinajstić information content (AvgIpc) is 4.01. The number of carbonyl (C=O) groups is 2. The summed E-state index contributed by atoms with van der Waals surface area (Å²) in [6.45, 7) is 1.51. The van der Waals surface area contributed by atoms with E-state index in [4.69, 9.17) is 9.47 Å². The van der Waals surface area contributed by atoms with Gasteiger partial charge in [0.1, 0.15) is 11.2 Å². The zero-order valence-corrected chi connectivity index (χ0v) is 30.7. The fourth-order valence-electron chi connectivity index (χ4n) is 8.44. The zero-order valence-electron chi connectivity index (χ0n) is 27.6. The molecule has 6 aliphatic rings. The number of nitrogens with zero attached hydrogens (tertiary/aromatic N) is 2. The molecule has 2 amide bonds. The van der Waals surface area contributed by atoms with E-state index in [0.29, 0.717) is 11.8 Å². The smallest absolute Gasteiger partial charge is 0.410 e. The number of ether oxygens (including phenoxy) is 2. The number of benzene rings is 2. The van der Waals surface area contributed by atoms with Gasteiger partial charge in [-0.25, -0.2) is 9.59 Å². The number of carbonyl (C=O) groups excluding carboxylic acids is 2. The van der Waals surface area contributed by atoms with Crippen molar-refractivity contribution in [1.82, 2.24) is 9.80 Å². The standard InChI is InChI=1S/2C19H24BrNO3/c2*20-15-5-3-14(4-6-15)17(13-1-2-13)21-12-11-19(24-18(21)23)9-7-16(22)8-10-19/h2*3-6,13,16-17,22H,1-2,7-12H2/t2*16?,17-,19?/m00/s1. The maximum Gasteiger partial charge on any atom is 0.410 e. The van der Waals surface area contributed by atoms with Crippen LogP contribution in [0.15, 0.2) is 57.5 Å². The Morgan fingerprint density at radius 3 is 1.19 bits per heavy atom. The van der Waals surface area contributed by atoms with E-state index in [0.717, 1.165) is 86.2 Å². The summed E-state index contributed by atoms with van der Waals surface area (Å²) in [6, 6.07) is 16.9. The number of halogens is 2. The first-order valence-electron chi connectivity index (χ1n) is 18.0. The quantitative estimate of drug-likeness (QED) is 0.304. The van der Waals surface area contributed by atoms with E-state index in [1.165, 1.54) is 36.8 Å². The van der Waals surface area contributed by atoms with Crippen molar-refractivity contribution in [2.75, 3.05) is 13.1 Å². The molecule has 2 heterocycles. The molecule has 8 nitrogen and oxygen atoms in total. The molecule has 4 saturated carbocycles. The SMILES string of the molecule is O=C1OC2(CCC(O)CC2)CCN1[C@H](c1ccc(Br)cc1)C1CC1.O=C1OC2(CCC(O)CC2)CCN1[C@H](c1ccc(Br)cc1)C1CC1. The second-order valence-corrected chi connectivity index (χ2v) is 17.0. The minimum absolute atomic E-state index is 0.136. The Morgan fingerprint density at radius 1 is 0.562 bits per heavy atom. The lowest BCUT2D eigenvalue weighted by Gasteiger charge is -2.46. The Labute approximate surface area is 300 Å². The zero-order chi connectivity index (χ0) is 33.5. The molecule has 2 N–H and O–H groups in total. The molecule has 260 valence electrons. The van der Waals surface area contributed by atoms with Crippen LogP contribution in [0.4, 0.5) is 9.59 Å². The summed E-state index contributed by atoms with van der Waals surface area (Å²) in [5.41, 5.74) is 1.74. The summed E-state index contributed by atoms with van der Waals surface area (Å²) in [5.74, 6) is 1.11. The van der Waals surface area contributed by atoms with Gasteiger partial charge in [0.25, 0.3) is 0 Å². The minimum Gasteiger partial charge on any atom is -0.443 e. The van der Waals surface area contributed by atoms with Gasteiger partial charge in [-0.05, 0) is 124 Å². The molecule has 48 heavy (non-hydrogen) atoms. The molecule has 2 aromatic carbocycles. The summed E-state index contributed by atoms with van der Waals surface area (Å²) in [5, 5.41) is 19.5. The van der Waals surface area contributed by atoms with Gasteiger partial charge in [-0.3, -0.25) is 0 Å². The van der Waals surface area contributed by atoms with Gasteiger partial charge in [0.05, 0.1) is 24.3 Å². The van der Waals surface area contributed by atoms with Crippen LogP contribution in [-0.4, -0.2) is 68.7 Å². The van der Waals surface area contributed by atoms with E-state index < -0.39 is 0 Å². The second-order valence-electron chi connectivity index (χ2n) is 15.1. The Morgan fingerprint density at radius 2 is 0.896 bits per heavy atom. The van der Waals surface area contributed by atoms with Crippen LogP contribution in [0.25, 0.3) is 0 Å². The van der Waals surface area contributed by atoms with Gasteiger partial charge in [-0.1, -0.05) is 56.1 Å². The van der Waals surface area contributed by atoms with Crippen LogP contribution in [0, 0.1) is 11.8 Å². The number of rotatable bonds is 6. The molecule has 0 bridgehead atoms. The lowest BCUT2D eigenvalue weighted by molar-refractivity contribution is -0.0934. The van der Waals surface area contributed by atoms with Gasteiger partial charge in [0, 0.05) is 34.9 Å². The highest BCUT2D eigenvalue weighted by molar-refractivity contribution is 9.10. The van der Waals surface area contributed by atoms with Gasteiger partial charge < -0.3 is 29.5 Å². The van der Waals surface area contributed by atoms with Gasteiger partial charge in [0.15, 0.2) is 0 Å². The monoisotopic (exact) mass is 786 g/mol.